The van der Waals surface area contributed by atoms with Crippen LogP contribution in [0, 0.1) is 6.92 Å². The second-order valence-electron chi connectivity index (χ2n) is 4.39. The second kappa shape index (κ2) is 6.83. The molecule has 1 rings (SSSR count). The zero-order valence-electron chi connectivity index (χ0n) is 11.7. The molecule has 1 aromatic rings. The monoisotopic (exact) mass is 301 g/mol. The summed E-state index contributed by atoms with van der Waals surface area (Å²) in [5, 5.41) is 9.42. The summed E-state index contributed by atoms with van der Waals surface area (Å²) in [6.07, 6.45) is -0.294. The molecule has 0 heterocycles. The fourth-order valence-electron chi connectivity index (χ4n) is 1.56. The van der Waals surface area contributed by atoms with Crippen molar-refractivity contribution in [1.29, 1.82) is 0 Å². The highest BCUT2D eigenvalue weighted by Gasteiger charge is 2.20. The molecule has 1 aromatic carbocycles. The summed E-state index contributed by atoms with van der Waals surface area (Å²) < 4.78 is 31.2. The lowest BCUT2D eigenvalue weighted by molar-refractivity contribution is 0.0600. The third-order valence-electron chi connectivity index (χ3n) is 2.88. The SMILES string of the molecule is CCC(O)CNS(=O)(=O)c1cc(C(=O)OC)ccc1C. The number of hydrogen-bond donors (Lipinski definition) is 2. The predicted octanol–water partition coefficient (Wildman–Crippen LogP) is 0.831. The molecule has 0 aliphatic heterocycles. The molecule has 20 heavy (non-hydrogen) atoms. The molecule has 1 unspecified atom stereocenters. The minimum Gasteiger partial charge on any atom is -0.465 e. The molecule has 0 amide bonds. The maximum absolute atomic E-state index is 12.2. The van der Waals surface area contributed by atoms with E-state index < -0.39 is 22.1 Å². The van der Waals surface area contributed by atoms with Crippen molar-refractivity contribution in [2.75, 3.05) is 13.7 Å². The number of carbonyl (C=O) groups excluding carboxylic acids is 1. The minimum absolute atomic E-state index is 0.00343. The molecule has 0 aliphatic rings. The Morgan fingerprint density at radius 1 is 1.45 bits per heavy atom. The number of hydrogen-bond acceptors (Lipinski definition) is 5. The maximum atomic E-state index is 12.2. The molecule has 0 radical (unpaired) electrons. The number of rotatable bonds is 6. The van der Waals surface area contributed by atoms with Gasteiger partial charge >= 0.3 is 5.97 Å². The first-order chi connectivity index (χ1) is 9.31. The normalized spacial score (nSPS) is 13.0. The van der Waals surface area contributed by atoms with Crippen LogP contribution < -0.4 is 4.72 Å². The minimum atomic E-state index is -3.78. The third kappa shape index (κ3) is 4.03. The summed E-state index contributed by atoms with van der Waals surface area (Å²) in [5.74, 6) is -0.602. The lowest BCUT2D eigenvalue weighted by Gasteiger charge is -2.12. The number of aryl methyl sites for hydroxylation is 1. The van der Waals surface area contributed by atoms with E-state index in [1.165, 1.54) is 25.3 Å². The van der Waals surface area contributed by atoms with E-state index in [0.29, 0.717) is 12.0 Å². The summed E-state index contributed by atoms with van der Waals surface area (Å²) in [6, 6.07) is 4.31. The number of esters is 1. The number of methoxy groups -OCH3 is 1. The molecule has 2 N–H and O–H groups in total. The number of aliphatic hydroxyl groups excluding tert-OH is 1. The van der Waals surface area contributed by atoms with Gasteiger partial charge in [-0.05, 0) is 31.0 Å². The molecular formula is C13H19NO5S. The zero-order valence-corrected chi connectivity index (χ0v) is 12.5. The molecule has 0 spiro atoms. The Balaban J connectivity index is 3.07. The van der Waals surface area contributed by atoms with Crippen LogP contribution in [0.4, 0.5) is 0 Å². The van der Waals surface area contributed by atoms with Crippen LogP contribution in [0.3, 0.4) is 0 Å². The fourth-order valence-corrected chi connectivity index (χ4v) is 2.90. The molecule has 0 fully saturated rings. The fraction of sp³-hybridized carbons (Fsp3) is 0.462. The Hall–Kier alpha value is -1.44. The van der Waals surface area contributed by atoms with Gasteiger partial charge in [-0.15, -0.1) is 0 Å². The lowest BCUT2D eigenvalue weighted by atomic mass is 10.1. The molecule has 0 aromatic heterocycles. The molecule has 6 nitrogen and oxygen atoms in total. The molecular weight excluding hydrogens is 282 g/mol. The van der Waals surface area contributed by atoms with Crippen LogP contribution in [-0.4, -0.2) is 39.3 Å². The predicted molar refractivity (Wildman–Crippen MR) is 74.0 cm³/mol. The average molecular weight is 301 g/mol. The third-order valence-corrected chi connectivity index (χ3v) is 4.44. The summed E-state index contributed by atoms with van der Waals surface area (Å²) in [4.78, 5) is 11.4. The molecule has 1 atom stereocenters. The highest BCUT2D eigenvalue weighted by atomic mass is 32.2. The Morgan fingerprint density at radius 3 is 2.65 bits per heavy atom. The summed E-state index contributed by atoms with van der Waals surface area (Å²) in [7, 11) is -2.55. The number of nitrogens with one attached hydrogen (secondary N) is 1. The van der Waals surface area contributed by atoms with Gasteiger partial charge in [0, 0.05) is 6.54 Å². The summed E-state index contributed by atoms with van der Waals surface area (Å²) >= 11 is 0. The highest BCUT2D eigenvalue weighted by Crippen LogP contribution is 2.17. The van der Waals surface area contributed by atoms with Crippen LogP contribution in [0.5, 0.6) is 0 Å². The van der Waals surface area contributed by atoms with Crippen molar-refractivity contribution in [3.8, 4) is 0 Å². The summed E-state index contributed by atoms with van der Waals surface area (Å²) in [5.41, 5.74) is 0.672. The molecule has 0 bridgehead atoms. The van der Waals surface area contributed by atoms with E-state index in [1.807, 2.05) is 0 Å². The van der Waals surface area contributed by atoms with Crippen LogP contribution in [0.2, 0.25) is 0 Å². The smallest absolute Gasteiger partial charge is 0.337 e. The molecule has 112 valence electrons. The molecule has 0 saturated heterocycles. The van der Waals surface area contributed by atoms with Crippen molar-refractivity contribution in [1.82, 2.24) is 4.72 Å². The Kier molecular flexibility index (Phi) is 5.67. The van der Waals surface area contributed by atoms with Gasteiger partial charge in [-0.1, -0.05) is 13.0 Å². The molecule has 0 aliphatic carbocycles. The van der Waals surface area contributed by atoms with Crippen molar-refractivity contribution < 1.29 is 23.1 Å². The van der Waals surface area contributed by atoms with Crippen molar-refractivity contribution in [3.63, 3.8) is 0 Å². The number of benzene rings is 1. The lowest BCUT2D eigenvalue weighted by Crippen LogP contribution is -2.32. The topological polar surface area (TPSA) is 92.7 Å². The maximum Gasteiger partial charge on any atom is 0.337 e. The van der Waals surface area contributed by atoms with Crippen LogP contribution in [0.1, 0.15) is 29.3 Å². The van der Waals surface area contributed by atoms with Crippen molar-refractivity contribution >= 4 is 16.0 Å². The first kappa shape index (κ1) is 16.6. The van der Waals surface area contributed by atoms with E-state index >= 15 is 0 Å². The van der Waals surface area contributed by atoms with E-state index in [9.17, 15) is 18.3 Å². The van der Waals surface area contributed by atoms with Gasteiger partial charge in [0.15, 0.2) is 0 Å². The number of ether oxygens (including phenoxy) is 1. The number of sulfonamides is 1. The van der Waals surface area contributed by atoms with Gasteiger partial charge in [-0.2, -0.15) is 0 Å². The first-order valence-corrected chi connectivity index (χ1v) is 7.66. The zero-order chi connectivity index (χ0) is 15.3. The molecule has 0 saturated carbocycles. The number of aliphatic hydroxyl groups is 1. The van der Waals surface area contributed by atoms with Gasteiger partial charge < -0.3 is 9.84 Å². The van der Waals surface area contributed by atoms with E-state index in [4.69, 9.17) is 0 Å². The van der Waals surface area contributed by atoms with E-state index in [0.717, 1.165) is 0 Å². The van der Waals surface area contributed by atoms with Crippen LogP contribution >= 0.6 is 0 Å². The molecule has 7 heteroatoms. The Morgan fingerprint density at radius 2 is 2.10 bits per heavy atom. The van der Waals surface area contributed by atoms with Crippen LogP contribution in [0.15, 0.2) is 23.1 Å². The average Bonchev–Trinajstić information content (AvgIpc) is 2.44. The number of carbonyl (C=O) groups is 1. The quantitative estimate of drug-likeness (QED) is 0.759. The van der Waals surface area contributed by atoms with E-state index in [-0.39, 0.29) is 17.0 Å². The highest BCUT2D eigenvalue weighted by molar-refractivity contribution is 7.89. The standard InChI is InChI=1S/C13H19NO5S/c1-4-11(15)8-14-20(17,18)12-7-10(13(16)19-3)6-5-9(12)2/h5-7,11,14-15H,4,8H2,1-3H3. The summed E-state index contributed by atoms with van der Waals surface area (Å²) in [6.45, 7) is 3.31. The Bertz CT molecular complexity index is 582. The van der Waals surface area contributed by atoms with Gasteiger partial charge in [0.25, 0.3) is 0 Å². The van der Waals surface area contributed by atoms with Crippen molar-refractivity contribution in [3.05, 3.63) is 29.3 Å². The largest absolute Gasteiger partial charge is 0.465 e. The van der Waals surface area contributed by atoms with Gasteiger partial charge in [-0.25, -0.2) is 17.9 Å². The van der Waals surface area contributed by atoms with E-state index in [2.05, 4.69) is 9.46 Å². The van der Waals surface area contributed by atoms with Crippen LogP contribution in [0.25, 0.3) is 0 Å². The van der Waals surface area contributed by atoms with Crippen LogP contribution in [-0.2, 0) is 14.8 Å². The van der Waals surface area contributed by atoms with Gasteiger partial charge in [0.2, 0.25) is 10.0 Å². The Labute approximate surface area is 118 Å². The first-order valence-electron chi connectivity index (χ1n) is 6.18. The van der Waals surface area contributed by atoms with Crippen molar-refractivity contribution in [2.24, 2.45) is 0 Å². The second-order valence-corrected chi connectivity index (χ2v) is 6.12. The van der Waals surface area contributed by atoms with E-state index in [1.54, 1.807) is 13.8 Å². The van der Waals surface area contributed by atoms with Gasteiger partial charge in [0.1, 0.15) is 0 Å². The van der Waals surface area contributed by atoms with Gasteiger partial charge in [0.05, 0.1) is 23.7 Å². The van der Waals surface area contributed by atoms with Gasteiger partial charge in [-0.3, -0.25) is 0 Å². The van der Waals surface area contributed by atoms with Crippen molar-refractivity contribution in [2.45, 2.75) is 31.3 Å².